The van der Waals surface area contributed by atoms with Gasteiger partial charge in [0.15, 0.2) is 0 Å². The van der Waals surface area contributed by atoms with Gasteiger partial charge in [-0.05, 0) is 40.8 Å². The van der Waals surface area contributed by atoms with E-state index < -0.39 is 30.3 Å². The summed E-state index contributed by atoms with van der Waals surface area (Å²) < 4.78 is 0.746. The van der Waals surface area contributed by atoms with Crippen molar-refractivity contribution in [3.8, 4) is 0 Å². The highest BCUT2D eigenvalue weighted by Crippen LogP contribution is 2.19. The molecule has 0 aliphatic rings. The van der Waals surface area contributed by atoms with Gasteiger partial charge in [-0.15, -0.1) is 0 Å². The largest absolute Gasteiger partial charge is 0.481 e. The highest BCUT2D eigenvalue weighted by molar-refractivity contribution is 14.1. The lowest BCUT2D eigenvalue weighted by Crippen LogP contribution is -2.42. The van der Waals surface area contributed by atoms with E-state index in [0.29, 0.717) is 5.02 Å². The summed E-state index contributed by atoms with van der Waals surface area (Å²) in [5.41, 5.74) is 0.169. The number of nitrogens with one attached hydrogen (secondary N) is 1. The third kappa shape index (κ3) is 4.67. The molecule has 0 heterocycles. The molecule has 6 nitrogen and oxygen atoms in total. The molecule has 0 aromatic heterocycles. The molecule has 102 valence electrons. The maximum Gasteiger partial charge on any atom is 0.326 e. The van der Waals surface area contributed by atoms with Gasteiger partial charge in [-0.2, -0.15) is 0 Å². The van der Waals surface area contributed by atoms with Crippen LogP contribution in [-0.4, -0.2) is 34.1 Å². The van der Waals surface area contributed by atoms with E-state index >= 15 is 0 Å². The predicted molar refractivity (Wildman–Crippen MR) is 75.3 cm³/mol. The van der Waals surface area contributed by atoms with Crippen molar-refractivity contribution in [1.82, 2.24) is 5.32 Å². The molecule has 3 N–H and O–H groups in total. The van der Waals surface area contributed by atoms with Crippen molar-refractivity contribution in [1.29, 1.82) is 0 Å². The number of aliphatic carboxylic acids is 2. The first-order valence-corrected chi connectivity index (χ1v) is 6.47. The van der Waals surface area contributed by atoms with E-state index in [1.165, 1.54) is 12.1 Å². The van der Waals surface area contributed by atoms with Crippen LogP contribution >= 0.6 is 34.2 Å². The van der Waals surface area contributed by atoms with Crippen molar-refractivity contribution >= 4 is 52.0 Å². The maximum atomic E-state index is 11.8. The van der Waals surface area contributed by atoms with Crippen LogP contribution in [0.4, 0.5) is 0 Å². The minimum Gasteiger partial charge on any atom is -0.481 e. The van der Waals surface area contributed by atoms with Crippen molar-refractivity contribution in [3.05, 3.63) is 32.4 Å². The third-order valence-electron chi connectivity index (χ3n) is 2.16. The van der Waals surface area contributed by atoms with Crippen LogP contribution in [0.5, 0.6) is 0 Å². The second-order valence-electron chi connectivity index (χ2n) is 3.59. The zero-order chi connectivity index (χ0) is 14.6. The Morgan fingerprint density at radius 1 is 1.32 bits per heavy atom. The molecule has 1 aromatic carbocycles. The van der Waals surface area contributed by atoms with E-state index in [9.17, 15) is 14.4 Å². The quantitative estimate of drug-likeness (QED) is 0.655. The van der Waals surface area contributed by atoms with E-state index in [0.717, 1.165) is 3.57 Å². The molecule has 0 aliphatic heterocycles. The Kier molecular flexibility index (Phi) is 5.55. The van der Waals surface area contributed by atoms with E-state index in [2.05, 4.69) is 5.32 Å². The molecule has 0 aliphatic carbocycles. The zero-order valence-electron chi connectivity index (χ0n) is 9.39. The highest BCUT2D eigenvalue weighted by atomic mass is 127. The molecular weight excluding hydrogens is 388 g/mol. The Bertz CT molecular complexity index is 534. The Morgan fingerprint density at radius 2 is 1.95 bits per heavy atom. The molecule has 19 heavy (non-hydrogen) atoms. The SMILES string of the molecule is O=C(O)C[C@@H](NC(=O)c1ccc(I)c(Cl)c1)C(=O)O. The number of hydrogen-bond donors (Lipinski definition) is 3. The zero-order valence-corrected chi connectivity index (χ0v) is 12.3. The summed E-state index contributed by atoms with van der Waals surface area (Å²) in [6.45, 7) is 0. The normalized spacial score (nSPS) is 11.7. The van der Waals surface area contributed by atoms with Crippen molar-refractivity contribution in [3.63, 3.8) is 0 Å². The van der Waals surface area contributed by atoms with Crippen molar-refractivity contribution in [2.24, 2.45) is 0 Å². The lowest BCUT2D eigenvalue weighted by atomic mass is 10.1. The molecular formula is C11H9ClINO5. The molecule has 0 saturated carbocycles. The molecule has 0 unspecified atom stereocenters. The molecule has 8 heteroatoms. The summed E-state index contributed by atoms with van der Waals surface area (Å²) in [4.78, 5) is 33.1. The number of amides is 1. The topological polar surface area (TPSA) is 104 Å². The number of benzene rings is 1. The molecule has 0 saturated heterocycles. The predicted octanol–water partition coefficient (Wildman–Crippen LogP) is 1.60. The number of halogens is 2. The van der Waals surface area contributed by atoms with Crippen LogP contribution in [-0.2, 0) is 9.59 Å². The van der Waals surface area contributed by atoms with Crippen LogP contribution in [0.1, 0.15) is 16.8 Å². The Labute approximate surface area is 126 Å². The summed E-state index contributed by atoms with van der Waals surface area (Å²) in [6.07, 6.45) is -0.695. The van der Waals surface area contributed by atoms with Crippen molar-refractivity contribution in [2.75, 3.05) is 0 Å². The van der Waals surface area contributed by atoms with Crippen LogP contribution < -0.4 is 5.32 Å². The van der Waals surface area contributed by atoms with Gasteiger partial charge < -0.3 is 15.5 Å². The standard InChI is InChI=1S/C11H9ClINO5/c12-6-3-5(1-2-7(6)13)10(17)14-8(11(18)19)4-9(15)16/h1-3,8H,4H2,(H,14,17)(H,15,16)(H,18,19)/t8-/m1/s1. The summed E-state index contributed by atoms with van der Waals surface area (Å²) in [7, 11) is 0. The Balaban J connectivity index is 2.84. The Morgan fingerprint density at radius 3 is 2.42 bits per heavy atom. The number of carboxylic acids is 2. The van der Waals surface area contributed by atoms with Gasteiger partial charge in [0.25, 0.3) is 5.91 Å². The average Bonchev–Trinajstić information content (AvgIpc) is 2.31. The molecule has 1 aromatic rings. The van der Waals surface area contributed by atoms with E-state index in [1.54, 1.807) is 6.07 Å². The lowest BCUT2D eigenvalue weighted by molar-refractivity contribution is -0.145. The lowest BCUT2D eigenvalue weighted by Gasteiger charge is -2.12. The monoisotopic (exact) mass is 397 g/mol. The number of rotatable bonds is 5. The van der Waals surface area contributed by atoms with Gasteiger partial charge in [0.05, 0.1) is 11.4 Å². The smallest absolute Gasteiger partial charge is 0.326 e. The van der Waals surface area contributed by atoms with Crippen molar-refractivity contribution < 1.29 is 24.6 Å². The molecule has 0 radical (unpaired) electrons. The van der Waals surface area contributed by atoms with Gasteiger partial charge in [0.1, 0.15) is 6.04 Å². The van der Waals surface area contributed by atoms with Gasteiger partial charge in [-0.1, -0.05) is 11.6 Å². The molecule has 0 spiro atoms. The van der Waals surface area contributed by atoms with E-state index in [-0.39, 0.29) is 5.56 Å². The molecule has 1 rings (SSSR count). The Hall–Kier alpha value is -1.35. The van der Waals surface area contributed by atoms with Gasteiger partial charge in [-0.25, -0.2) is 4.79 Å². The van der Waals surface area contributed by atoms with Crippen LogP contribution in [0.25, 0.3) is 0 Å². The fourth-order valence-corrected chi connectivity index (χ4v) is 1.77. The number of carboxylic acid groups (broad SMARTS) is 2. The second kappa shape index (κ2) is 6.71. The first kappa shape index (κ1) is 15.7. The van der Waals surface area contributed by atoms with Crippen LogP contribution in [0.15, 0.2) is 18.2 Å². The number of hydrogen-bond acceptors (Lipinski definition) is 3. The number of carbonyl (C=O) groups is 3. The summed E-state index contributed by atoms with van der Waals surface area (Å²) in [5, 5.41) is 19.9. The third-order valence-corrected chi connectivity index (χ3v) is 3.74. The minimum atomic E-state index is -1.48. The maximum absolute atomic E-state index is 11.8. The summed E-state index contributed by atoms with van der Waals surface area (Å²) in [6, 6.07) is 2.98. The fourth-order valence-electron chi connectivity index (χ4n) is 1.25. The van der Waals surface area contributed by atoms with Gasteiger partial charge >= 0.3 is 11.9 Å². The van der Waals surface area contributed by atoms with Gasteiger partial charge in [-0.3, -0.25) is 9.59 Å². The number of carbonyl (C=O) groups excluding carboxylic acids is 1. The van der Waals surface area contributed by atoms with Crippen LogP contribution in [0.3, 0.4) is 0 Å². The first-order chi connectivity index (χ1) is 8.81. The highest BCUT2D eigenvalue weighted by Gasteiger charge is 2.23. The summed E-state index contributed by atoms with van der Waals surface area (Å²) >= 11 is 7.82. The molecule has 0 bridgehead atoms. The van der Waals surface area contributed by atoms with E-state index in [1.807, 2.05) is 22.6 Å². The van der Waals surface area contributed by atoms with E-state index in [4.69, 9.17) is 21.8 Å². The second-order valence-corrected chi connectivity index (χ2v) is 5.16. The van der Waals surface area contributed by atoms with Crippen LogP contribution in [0.2, 0.25) is 5.02 Å². The molecule has 1 atom stereocenters. The first-order valence-electron chi connectivity index (χ1n) is 5.01. The molecule has 1 amide bonds. The van der Waals surface area contributed by atoms with Gasteiger partial charge in [0.2, 0.25) is 0 Å². The molecule has 0 fully saturated rings. The minimum absolute atomic E-state index is 0.169. The van der Waals surface area contributed by atoms with Gasteiger partial charge in [0, 0.05) is 9.13 Å². The average molecular weight is 398 g/mol. The van der Waals surface area contributed by atoms with Crippen LogP contribution in [0, 0.1) is 3.57 Å². The van der Waals surface area contributed by atoms with Crippen molar-refractivity contribution in [2.45, 2.75) is 12.5 Å². The fraction of sp³-hybridized carbons (Fsp3) is 0.182. The summed E-state index contributed by atoms with van der Waals surface area (Å²) in [5.74, 6) is -3.41.